The molecule has 1 fully saturated rings. The summed E-state index contributed by atoms with van der Waals surface area (Å²) in [4.78, 5) is 16.6. The highest BCUT2D eigenvalue weighted by Crippen LogP contribution is 2.32. The van der Waals surface area contributed by atoms with Crippen LogP contribution < -0.4 is 10.2 Å². The minimum Gasteiger partial charge on any atom is -0.369 e. The summed E-state index contributed by atoms with van der Waals surface area (Å²) >= 11 is 0. The van der Waals surface area contributed by atoms with E-state index >= 15 is 0 Å². The second-order valence-corrected chi connectivity index (χ2v) is 9.50. The molecular formula is C22H28FN3O3S. The highest BCUT2D eigenvalue weighted by Gasteiger charge is 2.24. The number of nitrogens with zero attached hydrogens (tertiary/aromatic N) is 2. The van der Waals surface area contributed by atoms with E-state index in [1.807, 2.05) is 6.92 Å². The van der Waals surface area contributed by atoms with Crippen LogP contribution in [0.1, 0.15) is 26.2 Å². The van der Waals surface area contributed by atoms with Gasteiger partial charge in [-0.1, -0.05) is 19.4 Å². The Morgan fingerprint density at radius 1 is 1.10 bits per heavy atom. The number of carbonyl (C=O) groups is 1. The maximum Gasteiger partial charge on any atom is 0.224 e. The average Bonchev–Trinajstić information content (AvgIpc) is 2.72. The van der Waals surface area contributed by atoms with Gasteiger partial charge in [-0.25, -0.2) is 12.8 Å². The average molecular weight is 434 g/mol. The summed E-state index contributed by atoms with van der Waals surface area (Å²) in [5.74, 6) is -0.860. The molecule has 1 saturated heterocycles. The van der Waals surface area contributed by atoms with Gasteiger partial charge in [0.15, 0.2) is 0 Å². The predicted octanol–water partition coefficient (Wildman–Crippen LogP) is 3.54. The van der Waals surface area contributed by atoms with Gasteiger partial charge in [-0.05, 0) is 49.9 Å². The third-order valence-electron chi connectivity index (χ3n) is 5.26. The van der Waals surface area contributed by atoms with Crippen LogP contribution in [-0.4, -0.2) is 52.5 Å². The fourth-order valence-corrected chi connectivity index (χ4v) is 4.85. The maximum atomic E-state index is 13.7. The molecule has 1 N–H and O–H groups in total. The zero-order chi connectivity index (χ0) is 21.7. The van der Waals surface area contributed by atoms with Gasteiger partial charge in [0.05, 0.1) is 15.5 Å². The van der Waals surface area contributed by atoms with Crippen molar-refractivity contribution in [2.24, 2.45) is 0 Å². The molecule has 1 aliphatic rings. The zero-order valence-electron chi connectivity index (χ0n) is 17.4. The molecule has 0 atom stereocenters. The van der Waals surface area contributed by atoms with Gasteiger partial charge in [-0.2, -0.15) is 0 Å². The number of unbranched alkanes of at least 4 members (excludes halogenated alkanes) is 1. The molecule has 2 aromatic rings. The largest absolute Gasteiger partial charge is 0.369 e. The Kier molecular flexibility index (Phi) is 7.10. The van der Waals surface area contributed by atoms with Crippen molar-refractivity contribution in [3.63, 3.8) is 0 Å². The van der Waals surface area contributed by atoms with E-state index in [-0.39, 0.29) is 21.4 Å². The van der Waals surface area contributed by atoms with Gasteiger partial charge in [0.25, 0.3) is 0 Å². The lowest BCUT2D eigenvalue weighted by Crippen LogP contribution is -2.44. The van der Waals surface area contributed by atoms with Crippen LogP contribution in [0.5, 0.6) is 0 Å². The van der Waals surface area contributed by atoms with Gasteiger partial charge in [-0.3, -0.25) is 4.79 Å². The fraction of sp³-hybridized carbons (Fsp3) is 0.409. The van der Waals surface area contributed by atoms with E-state index in [1.54, 1.807) is 12.1 Å². The van der Waals surface area contributed by atoms with E-state index in [4.69, 9.17) is 0 Å². The first kappa shape index (κ1) is 22.2. The summed E-state index contributed by atoms with van der Waals surface area (Å²) in [5, 5.41) is 2.78. The Balaban J connectivity index is 1.99. The lowest BCUT2D eigenvalue weighted by Gasteiger charge is -2.34. The summed E-state index contributed by atoms with van der Waals surface area (Å²) in [5.41, 5.74) is 1.09. The van der Waals surface area contributed by atoms with E-state index in [9.17, 15) is 17.6 Å². The molecule has 0 bridgehead atoms. The van der Waals surface area contributed by atoms with Crippen LogP contribution in [-0.2, 0) is 14.6 Å². The number of piperazine rings is 1. The first-order chi connectivity index (χ1) is 14.3. The van der Waals surface area contributed by atoms with Crippen LogP contribution in [0, 0.1) is 5.82 Å². The summed E-state index contributed by atoms with van der Waals surface area (Å²) in [7, 11) is -1.94. The molecule has 162 valence electrons. The highest BCUT2D eigenvalue weighted by molar-refractivity contribution is 7.91. The Morgan fingerprint density at radius 2 is 1.83 bits per heavy atom. The van der Waals surface area contributed by atoms with E-state index in [1.165, 1.54) is 24.3 Å². The van der Waals surface area contributed by atoms with Crippen molar-refractivity contribution in [3.8, 4) is 0 Å². The molecule has 0 saturated carbocycles. The number of carbonyl (C=O) groups excluding carboxylic acids is 1. The topological polar surface area (TPSA) is 69.7 Å². The number of halogens is 1. The van der Waals surface area contributed by atoms with Gasteiger partial charge in [0, 0.05) is 38.3 Å². The minimum absolute atomic E-state index is 0.0316. The quantitative estimate of drug-likeness (QED) is 0.723. The van der Waals surface area contributed by atoms with Gasteiger partial charge < -0.3 is 15.1 Å². The van der Waals surface area contributed by atoms with Crippen molar-refractivity contribution in [1.82, 2.24) is 4.90 Å². The first-order valence-corrected chi connectivity index (χ1v) is 11.7. The molecule has 0 unspecified atom stereocenters. The van der Waals surface area contributed by atoms with Crippen molar-refractivity contribution in [2.75, 3.05) is 43.4 Å². The SMILES string of the molecule is CCCCC(=O)Nc1cc(N2CCN(C)CC2)ccc1S(=O)(=O)c1cccc(F)c1. The van der Waals surface area contributed by atoms with Crippen LogP contribution in [0.25, 0.3) is 0 Å². The van der Waals surface area contributed by atoms with Crippen LogP contribution in [0.3, 0.4) is 0 Å². The molecular weight excluding hydrogens is 405 g/mol. The first-order valence-electron chi connectivity index (χ1n) is 10.2. The highest BCUT2D eigenvalue weighted by atomic mass is 32.2. The molecule has 6 nitrogen and oxygen atoms in total. The number of hydrogen-bond donors (Lipinski definition) is 1. The second-order valence-electron chi connectivity index (χ2n) is 7.58. The minimum atomic E-state index is -4.00. The van der Waals surface area contributed by atoms with Gasteiger partial charge in [-0.15, -0.1) is 0 Å². The fourth-order valence-electron chi connectivity index (χ4n) is 3.42. The molecule has 8 heteroatoms. The zero-order valence-corrected chi connectivity index (χ0v) is 18.2. The second kappa shape index (κ2) is 9.57. The van der Waals surface area contributed by atoms with Crippen molar-refractivity contribution < 1.29 is 17.6 Å². The summed E-state index contributed by atoms with van der Waals surface area (Å²) in [6.45, 7) is 5.43. The number of nitrogens with one attached hydrogen (secondary N) is 1. The Morgan fingerprint density at radius 3 is 2.50 bits per heavy atom. The molecule has 0 aliphatic carbocycles. The van der Waals surface area contributed by atoms with Crippen molar-refractivity contribution in [2.45, 2.75) is 36.0 Å². The summed E-state index contributed by atoms with van der Waals surface area (Å²) in [6, 6.07) is 9.87. The third kappa shape index (κ3) is 5.17. The number of benzene rings is 2. The molecule has 0 radical (unpaired) electrons. The monoisotopic (exact) mass is 433 g/mol. The summed E-state index contributed by atoms with van der Waals surface area (Å²) in [6.07, 6.45) is 1.90. The Bertz CT molecular complexity index is 1000. The van der Waals surface area contributed by atoms with Gasteiger partial charge in [0.1, 0.15) is 5.82 Å². The van der Waals surface area contributed by atoms with Crippen molar-refractivity contribution in [3.05, 3.63) is 48.3 Å². The Hall–Kier alpha value is -2.45. The van der Waals surface area contributed by atoms with Gasteiger partial charge in [0.2, 0.25) is 15.7 Å². The predicted molar refractivity (Wildman–Crippen MR) is 116 cm³/mol. The van der Waals surface area contributed by atoms with Gasteiger partial charge >= 0.3 is 0 Å². The number of likely N-dealkylation sites (N-methyl/N-ethyl adjacent to an activating group) is 1. The molecule has 30 heavy (non-hydrogen) atoms. The Labute approximate surface area is 177 Å². The van der Waals surface area contributed by atoms with Crippen LogP contribution in [0.15, 0.2) is 52.3 Å². The molecule has 1 amide bonds. The number of anilines is 2. The molecule has 1 aliphatic heterocycles. The van der Waals surface area contributed by atoms with Crippen LogP contribution >= 0.6 is 0 Å². The van der Waals surface area contributed by atoms with E-state index in [2.05, 4.69) is 22.2 Å². The molecule has 2 aromatic carbocycles. The molecule has 0 aromatic heterocycles. The standard InChI is InChI=1S/C22H28FN3O3S/c1-3-4-8-22(27)24-20-16-18(26-13-11-25(2)12-14-26)9-10-21(20)30(28,29)19-7-5-6-17(23)15-19/h5-7,9-10,15-16H,3-4,8,11-14H2,1-2H3,(H,24,27). The van der Waals surface area contributed by atoms with Crippen LogP contribution in [0.4, 0.5) is 15.8 Å². The lowest BCUT2D eigenvalue weighted by molar-refractivity contribution is -0.116. The van der Waals surface area contributed by atoms with E-state index in [0.717, 1.165) is 50.8 Å². The van der Waals surface area contributed by atoms with E-state index in [0.29, 0.717) is 6.42 Å². The number of hydrogen-bond acceptors (Lipinski definition) is 5. The lowest BCUT2D eigenvalue weighted by atomic mass is 10.2. The molecule has 1 heterocycles. The molecule has 0 spiro atoms. The normalized spacial score (nSPS) is 15.2. The third-order valence-corrected chi connectivity index (χ3v) is 7.07. The number of amides is 1. The summed E-state index contributed by atoms with van der Waals surface area (Å²) < 4.78 is 40.0. The van der Waals surface area contributed by atoms with E-state index < -0.39 is 15.7 Å². The number of rotatable bonds is 7. The van der Waals surface area contributed by atoms with Crippen LogP contribution in [0.2, 0.25) is 0 Å². The smallest absolute Gasteiger partial charge is 0.224 e. The molecule has 3 rings (SSSR count). The maximum absolute atomic E-state index is 13.7. The van der Waals surface area contributed by atoms with Crippen molar-refractivity contribution in [1.29, 1.82) is 0 Å². The van der Waals surface area contributed by atoms with Crippen molar-refractivity contribution >= 4 is 27.1 Å². The number of sulfone groups is 1.